The number of amides is 1. The number of nitrogens with one attached hydrogen (secondary N) is 2. The van der Waals surface area contributed by atoms with Gasteiger partial charge in [-0.15, -0.1) is 0 Å². The second-order valence-corrected chi connectivity index (χ2v) is 6.08. The third-order valence-electron chi connectivity index (χ3n) is 3.89. The van der Waals surface area contributed by atoms with E-state index in [1.54, 1.807) is 7.05 Å². The number of rotatable bonds is 7. The fraction of sp³-hybridized carbons (Fsp3) is 0.750. The molecule has 0 radical (unpaired) electrons. The van der Waals surface area contributed by atoms with Crippen molar-refractivity contribution in [1.29, 1.82) is 0 Å². The Labute approximate surface area is 128 Å². The lowest BCUT2D eigenvalue weighted by Crippen LogP contribution is -2.44. The average Bonchev–Trinajstić information content (AvgIpc) is 2.71. The molecule has 2 atom stereocenters. The Morgan fingerprint density at radius 1 is 1.29 bits per heavy atom. The summed E-state index contributed by atoms with van der Waals surface area (Å²) in [6.07, 6.45) is 0.823. The summed E-state index contributed by atoms with van der Waals surface area (Å²) in [7, 11) is 1.69. The molecule has 0 aliphatic heterocycles. The number of carbonyl (C=O) groups is 1. The van der Waals surface area contributed by atoms with Crippen LogP contribution in [-0.4, -0.2) is 28.8 Å². The lowest BCUT2D eigenvalue weighted by Gasteiger charge is -2.24. The molecule has 0 saturated heterocycles. The number of nitrogens with zero attached hydrogens (tertiary/aromatic N) is 2. The minimum Gasteiger partial charge on any atom is -0.358 e. The van der Waals surface area contributed by atoms with Crippen molar-refractivity contribution in [3.05, 3.63) is 17.0 Å². The molecule has 5 heteroatoms. The third kappa shape index (κ3) is 4.30. The summed E-state index contributed by atoms with van der Waals surface area (Å²) in [5, 5.41) is 10.8. The smallest absolute Gasteiger partial charge is 0.236 e. The normalized spacial score (nSPS) is 14.3. The molecule has 0 spiro atoms. The van der Waals surface area contributed by atoms with Gasteiger partial charge in [0, 0.05) is 30.9 Å². The van der Waals surface area contributed by atoms with Crippen LogP contribution >= 0.6 is 0 Å². The lowest BCUT2D eigenvalue weighted by atomic mass is 10.00. The van der Waals surface area contributed by atoms with Gasteiger partial charge in [-0.25, -0.2) is 0 Å². The van der Waals surface area contributed by atoms with Crippen molar-refractivity contribution in [2.45, 2.75) is 66.6 Å². The van der Waals surface area contributed by atoms with E-state index >= 15 is 0 Å². The van der Waals surface area contributed by atoms with Crippen LogP contribution in [0.25, 0.3) is 0 Å². The Hall–Kier alpha value is -1.36. The van der Waals surface area contributed by atoms with Crippen molar-refractivity contribution >= 4 is 5.91 Å². The molecular formula is C16H30N4O. The summed E-state index contributed by atoms with van der Waals surface area (Å²) in [4.78, 5) is 12.1. The Morgan fingerprint density at radius 3 is 2.33 bits per heavy atom. The number of hydrogen-bond acceptors (Lipinski definition) is 3. The monoisotopic (exact) mass is 294 g/mol. The van der Waals surface area contributed by atoms with Gasteiger partial charge in [-0.05, 0) is 40.0 Å². The fourth-order valence-corrected chi connectivity index (χ4v) is 2.93. The first kappa shape index (κ1) is 17.7. The van der Waals surface area contributed by atoms with E-state index in [2.05, 4.69) is 50.4 Å². The molecule has 21 heavy (non-hydrogen) atoms. The molecule has 5 nitrogen and oxygen atoms in total. The maximum atomic E-state index is 12.1. The zero-order chi connectivity index (χ0) is 16.2. The van der Waals surface area contributed by atoms with Gasteiger partial charge in [-0.1, -0.05) is 13.8 Å². The molecular weight excluding hydrogens is 264 g/mol. The van der Waals surface area contributed by atoms with Crippen LogP contribution < -0.4 is 10.6 Å². The van der Waals surface area contributed by atoms with Gasteiger partial charge >= 0.3 is 0 Å². The summed E-state index contributed by atoms with van der Waals surface area (Å²) in [5.74, 6) is 0.515. The van der Waals surface area contributed by atoms with Crippen molar-refractivity contribution < 1.29 is 4.79 Å². The van der Waals surface area contributed by atoms with E-state index in [1.165, 1.54) is 11.3 Å². The van der Waals surface area contributed by atoms with Gasteiger partial charge in [0.05, 0.1) is 11.7 Å². The summed E-state index contributed by atoms with van der Waals surface area (Å²) < 4.78 is 2.01. The van der Waals surface area contributed by atoms with Gasteiger partial charge in [0.15, 0.2) is 0 Å². The van der Waals surface area contributed by atoms with Crippen LogP contribution in [-0.2, 0) is 11.3 Å². The highest BCUT2D eigenvalue weighted by Gasteiger charge is 2.24. The molecule has 1 heterocycles. The SMILES string of the molecule is CCn1nc(C)c(C(C)NC(CC(C)C)C(=O)NC)c1C. The number of likely N-dealkylation sites (N-methyl/N-ethyl adjacent to an activating group) is 1. The van der Waals surface area contributed by atoms with Crippen LogP contribution in [0.3, 0.4) is 0 Å². The molecule has 0 aliphatic rings. The van der Waals surface area contributed by atoms with Crippen molar-refractivity contribution in [2.75, 3.05) is 7.05 Å². The van der Waals surface area contributed by atoms with E-state index in [0.717, 1.165) is 18.7 Å². The summed E-state index contributed by atoms with van der Waals surface area (Å²) in [6, 6.07) is -0.0693. The first-order chi connectivity index (χ1) is 9.81. The van der Waals surface area contributed by atoms with E-state index in [-0.39, 0.29) is 18.0 Å². The van der Waals surface area contributed by atoms with Gasteiger partial charge in [0.2, 0.25) is 5.91 Å². The second-order valence-electron chi connectivity index (χ2n) is 6.08. The molecule has 0 aliphatic carbocycles. The number of aromatic nitrogens is 2. The lowest BCUT2D eigenvalue weighted by molar-refractivity contribution is -0.123. The van der Waals surface area contributed by atoms with E-state index in [1.807, 2.05) is 11.6 Å². The molecule has 120 valence electrons. The van der Waals surface area contributed by atoms with Gasteiger partial charge in [0.25, 0.3) is 0 Å². The molecule has 1 aromatic heterocycles. The Bertz CT molecular complexity index is 479. The van der Waals surface area contributed by atoms with Gasteiger partial charge < -0.3 is 5.32 Å². The van der Waals surface area contributed by atoms with Gasteiger partial charge in [0.1, 0.15) is 0 Å². The predicted octanol–water partition coefficient (Wildman–Crippen LogP) is 2.33. The number of carbonyl (C=O) groups excluding carboxylic acids is 1. The van der Waals surface area contributed by atoms with E-state index in [9.17, 15) is 4.79 Å². The molecule has 1 aromatic rings. The van der Waals surface area contributed by atoms with Crippen LogP contribution in [0.5, 0.6) is 0 Å². The Kier molecular flexibility index (Phi) is 6.40. The first-order valence-electron chi connectivity index (χ1n) is 7.83. The van der Waals surface area contributed by atoms with E-state index < -0.39 is 0 Å². The molecule has 1 rings (SSSR count). The molecule has 0 bridgehead atoms. The average molecular weight is 294 g/mol. The topological polar surface area (TPSA) is 59.0 Å². The minimum atomic E-state index is -0.172. The number of hydrogen-bond donors (Lipinski definition) is 2. The fourth-order valence-electron chi connectivity index (χ4n) is 2.93. The zero-order valence-corrected chi connectivity index (χ0v) is 14.4. The van der Waals surface area contributed by atoms with Crippen molar-refractivity contribution in [2.24, 2.45) is 5.92 Å². The van der Waals surface area contributed by atoms with Crippen LogP contribution in [0.1, 0.15) is 57.1 Å². The number of aryl methyl sites for hydroxylation is 2. The van der Waals surface area contributed by atoms with Crippen molar-refractivity contribution in [3.63, 3.8) is 0 Å². The standard InChI is InChI=1S/C16H30N4O/c1-8-20-13(6)15(12(5)19-20)11(4)18-14(9-10(2)3)16(21)17-7/h10-11,14,18H,8-9H2,1-7H3,(H,17,21). The van der Waals surface area contributed by atoms with Crippen molar-refractivity contribution in [3.8, 4) is 0 Å². The highest BCUT2D eigenvalue weighted by molar-refractivity contribution is 5.81. The predicted molar refractivity (Wildman–Crippen MR) is 86.2 cm³/mol. The zero-order valence-electron chi connectivity index (χ0n) is 14.4. The Morgan fingerprint density at radius 2 is 1.90 bits per heavy atom. The largest absolute Gasteiger partial charge is 0.358 e. The molecule has 1 amide bonds. The highest BCUT2D eigenvalue weighted by Crippen LogP contribution is 2.22. The summed E-state index contributed by atoms with van der Waals surface area (Å²) in [5.41, 5.74) is 3.42. The first-order valence-corrected chi connectivity index (χ1v) is 7.83. The van der Waals surface area contributed by atoms with Crippen LogP contribution in [0, 0.1) is 19.8 Å². The Balaban J connectivity index is 2.93. The van der Waals surface area contributed by atoms with Crippen LogP contribution in [0.15, 0.2) is 0 Å². The van der Waals surface area contributed by atoms with E-state index in [0.29, 0.717) is 5.92 Å². The summed E-state index contributed by atoms with van der Waals surface area (Å²) >= 11 is 0. The maximum absolute atomic E-state index is 12.1. The van der Waals surface area contributed by atoms with Crippen LogP contribution in [0.2, 0.25) is 0 Å². The second kappa shape index (κ2) is 7.59. The maximum Gasteiger partial charge on any atom is 0.236 e. The van der Waals surface area contributed by atoms with Gasteiger partial charge in [-0.3, -0.25) is 14.8 Å². The van der Waals surface area contributed by atoms with Crippen LogP contribution in [0.4, 0.5) is 0 Å². The van der Waals surface area contributed by atoms with Crippen molar-refractivity contribution in [1.82, 2.24) is 20.4 Å². The molecule has 2 N–H and O–H groups in total. The minimum absolute atomic E-state index is 0.0498. The highest BCUT2D eigenvalue weighted by atomic mass is 16.2. The quantitative estimate of drug-likeness (QED) is 0.811. The molecule has 0 aromatic carbocycles. The summed E-state index contributed by atoms with van der Waals surface area (Å²) in [6.45, 7) is 13.4. The molecule has 0 saturated carbocycles. The molecule has 0 fully saturated rings. The van der Waals surface area contributed by atoms with Gasteiger partial charge in [-0.2, -0.15) is 5.10 Å². The van der Waals surface area contributed by atoms with E-state index in [4.69, 9.17) is 0 Å². The molecule has 2 unspecified atom stereocenters. The third-order valence-corrected chi connectivity index (χ3v) is 3.89.